The lowest BCUT2D eigenvalue weighted by atomic mass is 9.67. The molecule has 2 saturated carbocycles. The van der Waals surface area contributed by atoms with Crippen molar-refractivity contribution in [3.63, 3.8) is 0 Å². The summed E-state index contributed by atoms with van der Waals surface area (Å²) >= 11 is 16.5. The van der Waals surface area contributed by atoms with Gasteiger partial charge in [-0.05, 0) is 42.7 Å². The van der Waals surface area contributed by atoms with E-state index in [9.17, 15) is 19.2 Å². The minimum absolute atomic E-state index is 0.00259. The van der Waals surface area contributed by atoms with Crippen molar-refractivity contribution in [3.05, 3.63) is 58.8 Å². The number of aromatic nitrogens is 2. The van der Waals surface area contributed by atoms with Gasteiger partial charge in [-0.1, -0.05) is 66.8 Å². The van der Waals surface area contributed by atoms with Gasteiger partial charge in [-0.25, -0.2) is 18.7 Å². The van der Waals surface area contributed by atoms with Gasteiger partial charge in [0.15, 0.2) is 0 Å². The average Bonchev–Trinajstić information content (AvgIpc) is 3.39. The molecular formula is C24H25Cl3N2O6. The first kappa shape index (κ1) is 25.9. The highest BCUT2D eigenvalue weighted by Gasteiger charge is 2.69. The molecule has 3 atom stereocenters. The lowest BCUT2D eigenvalue weighted by molar-refractivity contribution is -0.145. The van der Waals surface area contributed by atoms with Gasteiger partial charge in [0.25, 0.3) is 9.70 Å². The van der Waals surface area contributed by atoms with Gasteiger partial charge in [-0.15, -0.1) is 0 Å². The van der Waals surface area contributed by atoms with Crippen molar-refractivity contribution < 1.29 is 23.9 Å². The molecule has 2 fully saturated rings. The molecule has 4 rings (SSSR count). The first-order valence-corrected chi connectivity index (χ1v) is 12.3. The van der Waals surface area contributed by atoms with Gasteiger partial charge in [0, 0.05) is 18.0 Å². The number of halogens is 3. The molecule has 2 aliphatic rings. The van der Waals surface area contributed by atoms with Crippen molar-refractivity contribution in [2.75, 3.05) is 13.2 Å². The van der Waals surface area contributed by atoms with E-state index in [2.05, 4.69) is 0 Å². The van der Waals surface area contributed by atoms with Gasteiger partial charge >= 0.3 is 11.7 Å². The minimum Gasteiger partial charge on any atom is -0.460 e. The normalized spacial score (nSPS) is 24.9. The minimum atomic E-state index is -2.18. The van der Waals surface area contributed by atoms with E-state index >= 15 is 0 Å². The number of carbonyl (C=O) groups is 3. The summed E-state index contributed by atoms with van der Waals surface area (Å²) in [5, 5.41) is 0. The highest BCUT2D eigenvalue weighted by molar-refractivity contribution is 6.75. The summed E-state index contributed by atoms with van der Waals surface area (Å²) in [5.41, 5.74) is -1.82. The van der Waals surface area contributed by atoms with Crippen LogP contribution in [0.25, 0.3) is 0 Å². The topological polar surface area (TPSA) is 96.6 Å². The Morgan fingerprint density at radius 3 is 2.34 bits per heavy atom. The zero-order valence-corrected chi connectivity index (χ0v) is 21.5. The number of fused-ring (bicyclic) bond motifs is 2. The molecular weight excluding hydrogens is 519 g/mol. The Balaban J connectivity index is 1.56. The number of hydrogen-bond acceptors (Lipinski definition) is 6. The van der Waals surface area contributed by atoms with Crippen LogP contribution in [0.4, 0.5) is 0 Å². The third-order valence-electron chi connectivity index (χ3n) is 7.59. The van der Waals surface area contributed by atoms with E-state index in [0.29, 0.717) is 18.4 Å². The fraction of sp³-hybridized carbons (Fsp3) is 0.500. The third-order valence-corrected chi connectivity index (χ3v) is 8.05. The molecule has 35 heavy (non-hydrogen) atoms. The number of imidazole rings is 1. The van der Waals surface area contributed by atoms with Crippen LogP contribution < -0.4 is 5.69 Å². The van der Waals surface area contributed by atoms with Crippen molar-refractivity contribution in [2.45, 2.75) is 43.0 Å². The summed E-state index contributed by atoms with van der Waals surface area (Å²) in [7, 11) is 0. The van der Waals surface area contributed by atoms with Crippen molar-refractivity contribution in [2.24, 2.45) is 16.7 Å². The molecule has 1 heterocycles. The molecule has 2 aliphatic carbocycles. The largest absolute Gasteiger partial charge is 0.460 e. The van der Waals surface area contributed by atoms with Gasteiger partial charge < -0.3 is 9.47 Å². The van der Waals surface area contributed by atoms with Crippen molar-refractivity contribution >= 4 is 52.6 Å². The van der Waals surface area contributed by atoms with Crippen molar-refractivity contribution in [3.8, 4) is 0 Å². The van der Waals surface area contributed by atoms with E-state index in [1.54, 1.807) is 30.3 Å². The lowest BCUT2D eigenvalue weighted by Crippen LogP contribution is -2.51. The Hall–Kier alpha value is -2.13. The molecule has 0 N–H and O–H groups in total. The number of ether oxygens (including phenoxy) is 2. The van der Waals surface area contributed by atoms with Crippen LogP contribution in [0.5, 0.6) is 0 Å². The number of carbonyl (C=O) groups excluding carboxylic acids is 3. The molecule has 0 aliphatic heterocycles. The number of nitrogens with zero attached hydrogens (tertiary/aromatic N) is 2. The van der Waals surface area contributed by atoms with Crippen LogP contribution in [-0.4, -0.2) is 50.0 Å². The number of benzene rings is 1. The molecule has 0 radical (unpaired) electrons. The third kappa shape index (κ3) is 4.35. The summed E-state index contributed by atoms with van der Waals surface area (Å²) in [6.45, 7) is 3.86. The monoisotopic (exact) mass is 542 g/mol. The second-order valence-corrected chi connectivity index (χ2v) is 11.7. The summed E-state index contributed by atoms with van der Waals surface area (Å²) in [4.78, 5) is 51.6. The van der Waals surface area contributed by atoms with E-state index < -0.39 is 44.2 Å². The standard InChI is InChI=1S/C24H25Cl3N2O6/c1-22(2)16-8-9-23(22,17(14-16)34-12-13-35-20(32)24(25,26)27)19(31)29-11-10-28(21(29)33)18(30)15-6-4-3-5-7-15/h3-7,10-11,16-17H,8-9,12-14H2,1-2H3/t16-,17-,23+/m1/s1. The maximum absolute atomic E-state index is 13.9. The number of rotatable bonds is 6. The first-order valence-electron chi connectivity index (χ1n) is 11.2. The summed E-state index contributed by atoms with van der Waals surface area (Å²) in [5.74, 6) is -1.72. The van der Waals surface area contributed by atoms with E-state index in [1.165, 1.54) is 12.4 Å². The molecule has 8 nitrogen and oxygen atoms in total. The van der Waals surface area contributed by atoms with Crippen molar-refractivity contribution in [1.82, 2.24) is 9.13 Å². The summed E-state index contributed by atoms with van der Waals surface area (Å²) in [6.07, 6.45) is 4.12. The molecule has 0 spiro atoms. The number of esters is 1. The second kappa shape index (κ2) is 9.39. The zero-order chi connectivity index (χ0) is 25.6. The SMILES string of the molecule is CC1(C)[C@@H]2CC[C@@]1(C(=O)n1ccn(C(=O)c3ccccc3)c1=O)[C@H](OCCOC(=O)C(Cl)(Cl)Cl)C2. The molecule has 0 unspecified atom stereocenters. The van der Waals surface area contributed by atoms with Gasteiger partial charge in [0.2, 0.25) is 5.91 Å². The fourth-order valence-corrected chi connectivity index (χ4v) is 5.82. The maximum Gasteiger partial charge on any atom is 0.358 e. The highest BCUT2D eigenvalue weighted by atomic mass is 35.6. The Morgan fingerprint density at radius 1 is 1.06 bits per heavy atom. The van der Waals surface area contributed by atoms with E-state index in [0.717, 1.165) is 15.6 Å². The van der Waals surface area contributed by atoms with Crippen LogP contribution in [0.2, 0.25) is 0 Å². The van der Waals surface area contributed by atoms with Gasteiger partial charge in [0.05, 0.1) is 18.1 Å². The van der Waals surface area contributed by atoms with Gasteiger partial charge in [-0.3, -0.25) is 9.59 Å². The Bertz CT molecular complexity index is 1200. The quantitative estimate of drug-likeness (QED) is 0.309. The Morgan fingerprint density at radius 2 is 1.71 bits per heavy atom. The van der Waals surface area contributed by atoms with Crippen LogP contribution in [0.3, 0.4) is 0 Å². The molecule has 2 aromatic rings. The Kier molecular flexibility index (Phi) is 6.96. The fourth-order valence-electron chi connectivity index (χ4n) is 5.66. The summed E-state index contributed by atoms with van der Waals surface area (Å²) < 4.78 is 10.7. The number of hydrogen-bond donors (Lipinski definition) is 0. The zero-order valence-electron chi connectivity index (χ0n) is 19.2. The van der Waals surface area contributed by atoms with Crippen LogP contribution in [-0.2, 0) is 14.3 Å². The van der Waals surface area contributed by atoms with Crippen LogP contribution >= 0.6 is 34.8 Å². The Labute approximate surface area is 217 Å². The molecule has 188 valence electrons. The summed E-state index contributed by atoms with van der Waals surface area (Å²) in [6, 6.07) is 8.38. The number of alkyl halides is 3. The smallest absolute Gasteiger partial charge is 0.358 e. The molecule has 0 amide bonds. The maximum atomic E-state index is 13.9. The predicted molar refractivity (Wildman–Crippen MR) is 130 cm³/mol. The van der Waals surface area contributed by atoms with Crippen LogP contribution in [0, 0.1) is 16.7 Å². The van der Waals surface area contributed by atoms with Crippen LogP contribution in [0.1, 0.15) is 48.3 Å². The van der Waals surface area contributed by atoms with Gasteiger partial charge in [0.1, 0.15) is 6.61 Å². The van der Waals surface area contributed by atoms with E-state index in [1.807, 2.05) is 13.8 Å². The highest BCUT2D eigenvalue weighted by Crippen LogP contribution is 2.67. The van der Waals surface area contributed by atoms with Crippen molar-refractivity contribution in [1.29, 1.82) is 0 Å². The second-order valence-electron chi connectivity index (χ2n) is 9.45. The molecule has 2 bridgehead atoms. The lowest BCUT2D eigenvalue weighted by Gasteiger charge is -2.40. The predicted octanol–water partition coefficient (Wildman–Crippen LogP) is 4.10. The molecule has 1 aromatic heterocycles. The molecule has 1 aromatic carbocycles. The van der Waals surface area contributed by atoms with E-state index in [4.69, 9.17) is 44.3 Å². The van der Waals surface area contributed by atoms with Crippen LogP contribution in [0.15, 0.2) is 47.5 Å². The average molecular weight is 544 g/mol. The molecule has 11 heteroatoms. The molecule has 0 saturated heterocycles. The first-order chi connectivity index (χ1) is 16.4. The van der Waals surface area contributed by atoms with Gasteiger partial charge in [-0.2, -0.15) is 0 Å². The van der Waals surface area contributed by atoms with E-state index in [-0.39, 0.29) is 19.1 Å².